The number of aliphatic hydroxyl groups is 1. The number of ketones is 1. The van der Waals surface area contributed by atoms with Gasteiger partial charge in [-0.1, -0.05) is 84.6 Å². The molecule has 1 unspecified atom stereocenters. The number of rotatable bonds is 9. The molecule has 1 saturated heterocycles. The summed E-state index contributed by atoms with van der Waals surface area (Å²) >= 11 is 2.74. The third-order valence-electron chi connectivity index (χ3n) is 7.74. The monoisotopic (exact) mass is 651 g/mol. The molecule has 0 bridgehead atoms. The Kier molecular flexibility index (Phi) is 8.33. The number of anilines is 1. The first-order valence-corrected chi connectivity index (χ1v) is 16.7. The molecule has 1 atom stereocenters. The van der Waals surface area contributed by atoms with Gasteiger partial charge in [-0.3, -0.25) is 14.5 Å². The maximum atomic E-state index is 13.7. The Balaban J connectivity index is 1.26. The summed E-state index contributed by atoms with van der Waals surface area (Å²) < 4.78 is 17.9. The predicted molar refractivity (Wildman–Crippen MR) is 178 cm³/mol. The van der Waals surface area contributed by atoms with E-state index in [0.717, 1.165) is 22.8 Å². The summed E-state index contributed by atoms with van der Waals surface area (Å²) in [4.78, 5) is 28.8. The van der Waals surface area contributed by atoms with Crippen LogP contribution in [0.2, 0.25) is 0 Å². The van der Waals surface area contributed by atoms with Gasteiger partial charge in [0.1, 0.15) is 24.7 Å². The minimum atomic E-state index is -0.970. The number of amides is 1. The number of carbonyl (C=O) groups excluding carboxylic acids is 2. The largest absolute Gasteiger partial charge is 0.507 e. The Hall–Kier alpha value is -4.87. The van der Waals surface area contributed by atoms with E-state index in [0.29, 0.717) is 58.3 Å². The first-order valence-electron chi connectivity index (χ1n) is 14.9. The Morgan fingerprint density at radius 2 is 1.78 bits per heavy atom. The third-order valence-corrected chi connectivity index (χ3v) is 9.84. The van der Waals surface area contributed by atoms with Crippen molar-refractivity contribution in [3.05, 3.63) is 107 Å². The lowest BCUT2D eigenvalue weighted by molar-refractivity contribution is -0.132. The van der Waals surface area contributed by atoms with Crippen LogP contribution in [0, 0.1) is 0 Å². The molecule has 0 radical (unpaired) electrons. The molecule has 2 aliphatic rings. The fourth-order valence-corrected chi connectivity index (χ4v) is 7.47. The number of carbonyl (C=O) groups is 2. The SMILES string of the molecule is CCCOc1cccc(C2/C(=C(/O)c3ccc4c(c3)OCCO4)C(=O)C(=O)N2c2nnc(SCc3cccc4ccccc34)s2)c1. The number of fused-ring (bicyclic) bond motifs is 2. The maximum absolute atomic E-state index is 13.7. The van der Waals surface area contributed by atoms with E-state index in [1.54, 1.807) is 36.4 Å². The van der Waals surface area contributed by atoms with Crippen LogP contribution >= 0.6 is 23.1 Å². The van der Waals surface area contributed by atoms with Crippen molar-refractivity contribution >= 4 is 56.5 Å². The lowest BCUT2D eigenvalue weighted by atomic mass is 9.95. The molecule has 1 amide bonds. The molecule has 2 aliphatic heterocycles. The Labute approximate surface area is 273 Å². The van der Waals surface area contributed by atoms with Gasteiger partial charge in [-0.15, -0.1) is 10.2 Å². The molecular formula is C35H29N3O6S2. The number of hydrogen-bond donors (Lipinski definition) is 1. The van der Waals surface area contributed by atoms with Crippen LogP contribution in [0.3, 0.4) is 0 Å². The summed E-state index contributed by atoms with van der Waals surface area (Å²) in [5.41, 5.74) is 2.01. The first-order chi connectivity index (χ1) is 22.5. The van der Waals surface area contributed by atoms with Crippen molar-refractivity contribution in [3.63, 3.8) is 0 Å². The number of aromatic nitrogens is 2. The van der Waals surface area contributed by atoms with Crippen molar-refractivity contribution in [2.75, 3.05) is 24.7 Å². The zero-order chi connectivity index (χ0) is 31.6. The fraction of sp³-hybridized carbons (Fsp3) is 0.200. The number of hydrogen-bond acceptors (Lipinski definition) is 10. The second-order valence-electron chi connectivity index (χ2n) is 10.7. The highest BCUT2D eigenvalue weighted by atomic mass is 32.2. The number of Topliss-reactive ketones (excluding diaryl/α,β-unsaturated/α-hetero) is 1. The zero-order valence-corrected chi connectivity index (χ0v) is 26.5. The summed E-state index contributed by atoms with van der Waals surface area (Å²) in [6.07, 6.45) is 0.816. The maximum Gasteiger partial charge on any atom is 0.301 e. The Morgan fingerprint density at radius 3 is 2.65 bits per heavy atom. The van der Waals surface area contributed by atoms with Crippen molar-refractivity contribution in [2.45, 2.75) is 29.5 Å². The summed E-state index contributed by atoms with van der Waals surface area (Å²) in [5.74, 6) is 0.295. The number of ether oxygens (including phenoxy) is 3. The molecule has 46 heavy (non-hydrogen) atoms. The fourth-order valence-electron chi connectivity index (χ4n) is 5.60. The molecule has 7 rings (SSSR count). The summed E-state index contributed by atoms with van der Waals surface area (Å²) in [7, 11) is 0. The highest BCUT2D eigenvalue weighted by Crippen LogP contribution is 2.45. The molecule has 1 fully saturated rings. The zero-order valence-electron chi connectivity index (χ0n) is 24.8. The van der Waals surface area contributed by atoms with E-state index in [4.69, 9.17) is 14.2 Å². The molecule has 0 aliphatic carbocycles. The van der Waals surface area contributed by atoms with E-state index in [-0.39, 0.29) is 16.5 Å². The number of nitrogens with zero attached hydrogens (tertiary/aromatic N) is 3. The summed E-state index contributed by atoms with van der Waals surface area (Å²) in [6, 6.07) is 25.6. The van der Waals surface area contributed by atoms with E-state index >= 15 is 0 Å². The van der Waals surface area contributed by atoms with Crippen LogP contribution in [0.5, 0.6) is 17.2 Å². The van der Waals surface area contributed by atoms with Crippen molar-refractivity contribution in [3.8, 4) is 17.2 Å². The van der Waals surface area contributed by atoms with Gasteiger partial charge in [0.25, 0.3) is 5.78 Å². The van der Waals surface area contributed by atoms with Gasteiger partial charge in [-0.25, -0.2) is 0 Å². The van der Waals surface area contributed by atoms with Gasteiger partial charge >= 0.3 is 5.91 Å². The Bertz CT molecular complexity index is 1990. The van der Waals surface area contributed by atoms with Crippen LogP contribution in [0.25, 0.3) is 16.5 Å². The molecule has 0 spiro atoms. The lowest BCUT2D eigenvalue weighted by Gasteiger charge is -2.23. The predicted octanol–water partition coefficient (Wildman–Crippen LogP) is 7.17. The van der Waals surface area contributed by atoms with Crippen molar-refractivity contribution in [2.24, 2.45) is 0 Å². The van der Waals surface area contributed by atoms with Crippen LogP contribution < -0.4 is 19.1 Å². The highest BCUT2D eigenvalue weighted by molar-refractivity contribution is 8.00. The lowest BCUT2D eigenvalue weighted by Crippen LogP contribution is -2.29. The minimum absolute atomic E-state index is 0.0607. The van der Waals surface area contributed by atoms with Crippen LogP contribution in [-0.4, -0.2) is 46.8 Å². The standard InChI is InChI=1S/C35H29N3O6S2/c1-2-15-42-25-11-6-9-22(18-25)30-29(31(39)23-13-14-27-28(19-23)44-17-16-43-27)32(40)33(41)38(30)34-36-37-35(46-34)45-20-24-10-5-8-21-7-3-4-12-26(21)24/h3-14,18-19,30,39H,2,15-17,20H2,1H3/b31-29-. The average Bonchev–Trinajstić information content (AvgIpc) is 3.67. The summed E-state index contributed by atoms with van der Waals surface area (Å²) in [6.45, 7) is 3.31. The molecule has 1 aromatic heterocycles. The van der Waals surface area contributed by atoms with E-state index in [9.17, 15) is 14.7 Å². The van der Waals surface area contributed by atoms with Crippen LogP contribution in [0.4, 0.5) is 5.13 Å². The normalized spacial score (nSPS) is 17.1. The van der Waals surface area contributed by atoms with Gasteiger partial charge < -0.3 is 19.3 Å². The average molecular weight is 652 g/mol. The molecule has 4 aromatic carbocycles. The number of aliphatic hydroxyl groups excluding tert-OH is 1. The number of thioether (sulfide) groups is 1. The first kappa shape index (κ1) is 29.8. The quantitative estimate of drug-likeness (QED) is 0.0583. The topological polar surface area (TPSA) is 111 Å². The molecule has 9 nitrogen and oxygen atoms in total. The van der Waals surface area contributed by atoms with Crippen molar-refractivity contribution < 1.29 is 28.9 Å². The van der Waals surface area contributed by atoms with Gasteiger partial charge in [0, 0.05) is 11.3 Å². The highest BCUT2D eigenvalue weighted by Gasteiger charge is 2.48. The molecule has 5 aromatic rings. The molecule has 1 N–H and O–H groups in total. The van der Waals surface area contributed by atoms with E-state index in [1.807, 2.05) is 31.2 Å². The van der Waals surface area contributed by atoms with Gasteiger partial charge in [0.05, 0.1) is 18.2 Å². The molecule has 3 heterocycles. The molecule has 11 heteroatoms. The van der Waals surface area contributed by atoms with Crippen molar-refractivity contribution in [1.29, 1.82) is 0 Å². The number of benzene rings is 4. The van der Waals surface area contributed by atoms with Gasteiger partial charge in [0.2, 0.25) is 5.13 Å². The van der Waals surface area contributed by atoms with E-state index in [1.165, 1.54) is 28.0 Å². The third kappa shape index (κ3) is 5.67. The summed E-state index contributed by atoms with van der Waals surface area (Å²) in [5, 5.41) is 22.9. The van der Waals surface area contributed by atoms with E-state index in [2.05, 4.69) is 34.5 Å². The molecular weight excluding hydrogens is 623 g/mol. The van der Waals surface area contributed by atoms with Crippen LogP contribution in [0.1, 0.15) is 36.1 Å². The second-order valence-corrected chi connectivity index (χ2v) is 12.9. The van der Waals surface area contributed by atoms with Crippen molar-refractivity contribution in [1.82, 2.24) is 10.2 Å². The second kappa shape index (κ2) is 12.9. The minimum Gasteiger partial charge on any atom is -0.507 e. The van der Waals surface area contributed by atoms with E-state index < -0.39 is 17.7 Å². The van der Waals surface area contributed by atoms with Crippen LogP contribution in [0.15, 0.2) is 94.8 Å². The molecule has 232 valence electrons. The smallest absolute Gasteiger partial charge is 0.301 e. The van der Waals surface area contributed by atoms with Gasteiger partial charge in [0.15, 0.2) is 15.8 Å². The molecule has 0 saturated carbocycles. The van der Waals surface area contributed by atoms with Crippen LogP contribution in [-0.2, 0) is 15.3 Å². The Morgan fingerprint density at radius 1 is 0.978 bits per heavy atom. The van der Waals surface area contributed by atoms with Gasteiger partial charge in [-0.05, 0) is 58.7 Å². The van der Waals surface area contributed by atoms with Gasteiger partial charge in [-0.2, -0.15) is 0 Å².